The van der Waals surface area contributed by atoms with E-state index in [1.807, 2.05) is 30.3 Å². The number of hydrogen-bond donors (Lipinski definition) is 1. The maximum absolute atomic E-state index is 13.6. The second kappa shape index (κ2) is 8.07. The van der Waals surface area contributed by atoms with Crippen molar-refractivity contribution in [2.75, 3.05) is 17.1 Å². The van der Waals surface area contributed by atoms with Gasteiger partial charge in [0, 0.05) is 5.56 Å². The molecule has 5 rings (SSSR count). The van der Waals surface area contributed by atoms with Crippen LogP contribution in [0.25, 0.3) is 0 Å². The Morgan fingerprint density at radius 1 is 0.879 bits per heavy atom. The minimum Gasteiger partial charge on any atom is -0.508 e. The van der Waals surface area contributed by atoms with Gasteiger partial charge in [0.2, 0.25) is 5.91 Å². The number of rotatable bonds is 4. The number of phenolic OH excluding ortho intramolecular Hbond substituents is 1. The third-order valence-electron chi connectivity index (χ3n) is 5.93. The number of methoxy groups -OCH3 is 1. The van der Waals surface area contributed by atoms with Gasteiger partial charge in [-0.2, -0.15) is 0 Å². The maximum atomic E-state index is 13.6. The van der Waals surface area contributed by atoms with E-state index in [0.29, 0.717) is 22.5 Å². The molecule has 1 N–H and O–H groups in total. The number of aromatic hydroxyl groups is 1. The van der Waals surface area contributed by atoms with Crippen molar-refractivity contribution in [2.24, 2.45) is 5.92 Å². The lowest BCUT2D eigenvalue weighted by molar-refractivity contribution is -0.126. The number of carbonyl (C=O) groups is 3. The summed E-state index contributed by atoms with van der Waals surface area (Å²) in [6, 6.07) is 21.1. The molecule has 2 saturated heterocycles. The van der Waals surface area contributed by atoms with Crippen LogP contribution < -0.4 is 9.96 Å². The molecule has 2 aliphatic heterocycles. The molecule has 2 aliphatic rings. The van der Waals surface area contributed by atoms with Gasteiger partial charge in [0.1, 0.15) is 11.7 Å². The second-order valence-corrected chi connectivity index (χ2v) is 7.77. The van der Waals surface area contributed by atoms with Gasteiger partial charge in [-0.15, -0.1) is 0 Å². The van der Waals surface area contributed by atoms with E-state index < -0.39 is 35.8 Å². The summed E-state index contributed by atoms with van der Waals surface area (Å²) in [6.45, 7) is 0. The van der Waals surface area contributed by atoms with Gasteiger partial charge in [0.05, 0.1) is 30.1 Å². The Kier molecular flexibility index (Phi) is 5.07. The van der Waals surface area contributed by atoms with Crippen molar-refractivity contribution < 1.29 is 29.1 Å². The van der Waals surface area contributed by atoms with Crippen LogP contribution in [0.15, 0.2) is 78.9 Å². The molecule has 8 heteroatoms. The Morgan fingerprint density at radius 3 is 2.21 bits per heavy atom. The Bertz CT molecular complexity index is 1230. The molecule has 3 atom stereocenters. The molecule has 166 valence electrons. The number of para-hydroxylation sites is 2. The van der Waals surface area contributed by atoms with E-state index in [-0.39, 0.29) is 5.75 Å². The predicted octanol–water partition coefficient (Wildman–Crippen LogP) is 3.23. The molecule has 3 aromatic carbocycles. The van der Waals surface area contributed by atoms with Crippen molar-refractivity contribution >= 4 is 29.2 Å². The van der Waals surface area contributed by atoms with Gasteiger partial charge in [-0.05, 0) is 42.5 Å². The molecule has 0 saturated carbocycles. The first kappa shape index (κ1) is 20.7. The minimum absolute atomic E-state index is 0.00816. The van der Waals surface area contributed by atoms with E-state index in [2.05, 4.69) is 0 Å². The number of ether oxygens (including phenoxy) is 1. The number of esters is 1. The van der Waals surface area contributed by atoms with Gasteiger partial charge in [0.25, 0.3) is 5.91 Å². The highest BCUT2D eigenvalue weighted by Gasteiger charge is 2.60. The average molecular weight is 444 g/mol. The largest absolute Gasteiger partial charge is 0.508 e. The number of fused-ring (bicyclic) bond motifs is 1. The molecule has 2 heterocycles. The standard InChI is InChI=1S/C25H20N2O6/c1-32-25(31)15-11-13-16(14-12-15)26-23(29)20-21(18-9-5-6-10-19(18)28)27(33-22(20)24(26)30)17-7-3-2-4-8-17/h2-14,20-22,28H,1H3/t20-,21-,22+/m0/s1. The third kappa shape index (κ3) is 3.32. The Hall–Kier alpha value is -4.17. The number of imide groups is 1. The van der Waals surface area contributed by atoms with E-state index >= 15 is 0 Å². The lowest BCUT2D eigenvalue weighted by atomic mass is 9.90. The zero-order valence-corrected chi connectivity index (χ0v) is 17.6. The summed E-state index contributed by atoms with van der Waals surface area (Å²) in [7, 11) is 1.28. The van der Waals surface area contributed by atoms with Crippen molar-refractivity contribution in [1.82, 2.24) is 0 Å². The molecule has 0 bridgehead atoms. The summed E-state index contributed by atoms with van der Waals surface area (Å²) >= 11 is 0. The van der Waals surface area contributed by atoms with Crippen molar-refractivity contribution in [3.05, 3.63) is 90.0 Å². The molecular weight excluding hydrogens is 424 g/mol. The molecule has 2 fully saturated rings. The number of hydroxylamine groups is 1. The van der Waals surface area contributed by atoms with Gasteiger partial charge in [0.15, 0.2) is 6.10 Å². The predicted molar refractivity (Wildman–Crippen MR) is 118 cm³/mol. The van der Waals surface area contributed by atoms with Gasteiger partial charge < -0.3 is 9.84 Å². The van der Waals surface area contributed by atoms with Crippen LogP contribution in [0, 0.1) is 5.92 Å². The SMILES string of the molecule is COC(=O)c1ccc(N2C(=O)[C@@H]3[C@@H](ON(c4ccccc4)[C@H]3c3ccccc3O)C2=O)cc1. The third-order valence-corrected chi connectivity index (χ3v) is 5.93. The Balaban J connectivity index is 1.54. The van der Waals surface area contributed by atoms with E-state index in [1.165, 1.54) is 42.5 Å². The number of hydrogen-bond acceptors (Lipinski definition) is 7. The number of amides is 2. The summed E-state index contributed by atoms with van der Waals surface area (Å²) in [5.41, 5.74) is 1.78. The van der Waals surface area contributed by atoms with Gasteiger partial charge in [-0.3, -0.25) is 14.4 Å². The molecule has 0 aliphatic carbocycles. The first-order valence-corrected chi connectivity index (χ1v) is 10.4. The molecule has 0 radical (unpaired) electrons. The lowest BCUT2D eigenvalue weighted by Gasteiger charge is -2.29. The van der Waals surface area contributed by atoms with Crippen LogP contribution in [0.5, 0.6) is 5.75 Å². The van der Waals surface area contributed by atoms with Crippen molar-refractivity contribution in [1.29, 1.82) is 0 Å². The van der Waals surface area contributed by atoms with Crippen molar-refractivity contribution in [3.8, 4) is 5.75 Å². The van der Waals surface area contributed by atoms with Gasteiger partial charge in [-0.1, -0.05) is 36.4 Å². The highest BCUT2D eigenvalue weighted by molar-refractivity contribution is 6.24. The molecule has 0 spiro atoms. The molecule has 0 unspecified atom stereocenters. The summed E-state index contributed by atoms with van der Waals surface area (Å²) in [5.74, 6) is -2.32. The summed E-state index contributed by atoms with van der Waals surface area (Å²) in [4.78, 5) is 45.7. The number of anilines is 2. The smallest absolute Gasteiger partial charge is 0.337 e. The van der Waals surface area contributed by atoms with Crippen LogP contribution in [-0.2, 0) is 19.2 Å². The first-order valence-electron chi connectivity index (χ1n) is 10.4. The molecule has 3 aromatic rings. The number of phenols is 1. The van der Waals surface area contributed by atoms with Crippen molar-refractivity contribution in [3.63, 3.8) is 0 Å². The molecule has 33 heavy (non-hydrogen) atoms. The van der Waals surface area contributed by atoms with Crippen LogP contribution in [0.1, 0.15) is 22.0 Å². The summed E-state index contributed by atoms with van der Waals surface area (Å²) in [6.07, 6.45) is -1.05. The van der Waals surface area contributed by atoms with E-state index in [0.717, 1.165) is 4.90 Å². The highest BCUT2D eigenvalue weighted by atomic mass is 16.7. The van der Waals surface area contributed by atoms with Crippen molar-refractivity contribution in [2.45, 2.75) is 12.1 Å². The molecule has 0 aromatic heterocycles. The fourth-order valence-corrected chi connectivity index (χ4v) is 4.39. The molecule has 2 amide bonds. The Labute approximate surface area is 189 Å². The van der Waals surface area contributed by atoms with Gasteiger partial charge in [-0.25, -0.2) is 14.8 Å². The second-order valence-electron chi connectivity index (χ2n) is 7.77. The topological polar surface area (TPSA) is 96.4 Å². The van der Waals surface area contributed by atoms with E-state index in [9.17, 15) is 19.5 Å². The monoisotopic (exact) mass is 444 g/mol. The van der Waals surface area contributed by atoms with Crippen LogP contribution in [0.4, 0.5) is 11.4 Å². The number of benzene rings is 3. The normalized spacial score (nSPS) is 21.9. The van der Waals surface area contributed by atoms with Crippen LogP contribution in [-0.4, -0.2) is 36.1 Å². The lowest BCUT2D eigenvalue weighted by Crippen LogP contribution is -2.37. The number of carbonyl (C=O) groups excluding carboxylic acids is 3. The van der Waals surface area contributed by atoms with Crippen LogP contribution >= 0.6 is 0 Å². The summed E-state index contributed by atoms with van der Waals surface area (Å²) in [5, 5.41) is 12.1. The molecular formula is C25H20N2O6. The summed E-state index contributed by atoms with van der Waals surface area (Å²) < 4.78 is 4.70. The maximum Gasteiger partial charge on any atom is 0.337 e. The van der Waals surface area contributed by atoms with Crippen LogP contribution in [0.2, 0.25) is 0 Å². The molecule has 8 nitrogen and oxygen atoms in total. The van der Waals surface area contributed by atoms with Crippen LogP contribution in [0.3, 0.4) is 0 Å². The quantitative estimate of drug-likeness (QED) is 0.488. The fraction of sp³-hybridized carbons (Fsp3) is 0.160. The van der Waals surface area contributed by atoms with E-state index in [1.54, 1.807) is 18.2 Å². The highest BCUT2D eigenvalue weighted by Crippen LogP contribution is 2.49. The fourth-order valence-electron chi connectivity index (χ4n) is 4.39. The van der Waals surface area contributed by atoms with E-state index in [4.69, 9.17) is 9.57 Å². The Morgan fingerprint density at radius 2 is 1.55 bits per heavy atom. The zero-order chi connectivity index (χ0) is 23.1. The minimum atomic E-state index is -1.05. The first-order chi connectivity index (χ1) is 16.0. The average Bonchev–Trinajstić information content (AvgIpc) is 3.35. The zero-order valence-electron chi connectivity index (χ0n) is 17.6. The number of nitrogens with zero attached hydrogens (tertiary/aromatic N) is 2. The van der Waals surface area contributed by atoms with Gasteiger partial charge >= 0.3 is 5.97 Å².